The number of aromatic nitrogens is 5. The average Bonchev–Trinajstić information content (AvgIpc) is 3.84. The van der Waals surface area contributed by atoms with Gasteiger partial charge in [-0.05, 0) is 56.5 Å². The number of hydrogen-bond donors (Lipinski definition) is 4. The Hall–Kier alpha value is -4.76. The highest BCUT2D eigenvalue weighted by Crippen LogP contribution is 2.47. The fourth-order valence-corrected chi connectivity index (χ4v) is 7.54. The number of carbonyl (C=O) groups excluding carboxylic acids is 4. The molecule has 0 saturated carbocycles. The largest absolute Gasteiger partial charge is 0.477 e. The number of carbonyl (C=O) groups is 5. The van der Waals surface area contributed by atoms with E-state index in [-0.39, 0.29) is 58.6 Å². The number of anilines is 1. The van der Waals surface area contributed by atoms with Gasteiger partial charge in [-0.1, -0.05) is 23.4 Å². The number of rotatable bonds is 14. The van der Waals surface area contributed by atoms with Gasteiger partial charge in [-0.15, -0.1) is 28.2 Å². The smallest absolute Gasteiger partial charge is 0.407 e. The first kappa shape index (κ1) is 35.5. The molecule has 4 heterocycles. The fraction of sp³-hybridized carbons (Fsp3) is 0.464. The van der Waals surface area contributed by atoms with Crippen LogP contribution in [0.2, 0.25) is 0 Å². The molecule has 2 aromatic rings. The number of thioether (sulfide) groups is 1. The van der Waals surface area contributed by atoms with E-state index in [0.29, 0.717) is 19.3 Å². The highest BCUT2D eigenvalue weighted by molar-refractivity contribution is 8.00. The first-order chi connectivity index (χ1) is 23.4. The van der Waals surface area contributed by atoms with Crippen LogP contribution in [-0.4, -0.2) is 111 Å². The molecular weight excluding hydrogens is 701 g/mol. The molecule has 2 aromatic heterocycles. The molecule has 2 unspecified atom stereocenters. The Kier molecular flexibility index (Phi) is 10.7. The summed E-state index contributed by atoms with van der Waals surface area (Å²) in [7, 11) is 0. The van der Waals surface area contributed by atoms with Gasteiger partial charge in [0.25, 0.3) is 11.8 Å². The summed E-state index contributed by atoms with van der Waals surface area (Å²) in [6.07, 6.45) is 5.03. The maximum atomic E-state index is 13.8. The van der Waals surface area contributed by atoms with Crippen molar-refractivity contribution in [2.75, 3.05) is 17.6 Å². The second kappa shape index (κ2) is 14.8. The zero-order valence-corrected chi connectivity index (χ0v) is 28.9. The van der Waals surface area contributed by atoms with Crippen molar-refractivity contribution in [1.82, 2.24) is 40.7 Å². The Morgan fingerprint density at radius 2 is 2.10 bits per heavy atom. The number of allylic oxidation sites excluding steroid dienone is 1. The zero-order chi connectivity index (χ0) is 35.3. The molecule has 0 spiro atoms. The molecule has 0 bridgehead atoms. The van der Waals surface area contributed by atoms with Crippen LogP contribution >= 0.6 is 35.3 Å². The van der Waals surface area contributed by atoms with Crippen LogP contribution < -0.4 is 16.0 Å². The Labute approximate surface area is 292 Å². The number of carboxylic acid groups (broad SMARTS) is 1. The molecule has 49 heavy (non-hydrogen) atoms. The van der Waals surface area contributed by atoms with Crippen molar-refractivity contribution in [2.24, 2.45) is 5.16 Å². The quantitative estimate of drug-likeness (QED) is 0.0408. The Morgan fingerprint density at radius 3 is 2.78 bits per heavy atom. The molecule has 1 fully saturated rings. The van der Waals surface area contributed by atoms with Crippen LogP contribution in [-0.2, 0) is 35.3 Å². The summed E-state index contributed by atoms with van der Waals surface area (Å²) >= 11 is 7.46. The summed E-state index contributed by atoms with van der Waals surface area (Å²) in [6, 6.07) is 0. The first-order valence-electron chi connectivity index (χ1n) is 14.9. The number of tetrazole rings is 1. The van der Waals surface area contributed by atoms with Crippen molar-refractivity contribution < 1.29 is 38.7 Å². The van der Waals surface area contributed by atoms with Crippen LogP contribution in [0, 0.1) is 0 Å². The summed E-state index contributed by atoms with van der Waals surface area (Å²) in [4.78, 5) is 73.9. The van der Waals surface area contributed by atoms with E-state index in [1.54, 1.807) is 26.8 Å². The van der Waals surface area contributed by atoms with Gasteiger partial charge >= 0.3 is 12.1 Å². The number of hydrogen-bond acceptors (Lipinski definition) is 15. The number of aryl methyl sites for hydroxylation is 1. The number of oxime groups is 1. The lowest BCUT2D eigenvalue weighted by molar-refractivity contribution is -0.153. The van der Waals surface area contributed by atoms with Gasteiger partial charge in [-0.3, -0.25) is 19.3 Å². The molecular formula is C28H32N10O8S3. The van der Waals surface area contributed by atoms with Gasteiger partial charge in [0, 0.05) is 35.2 Å². The molecule has 21 heteroatoms. The van der Waals surface area contributed by atoms with E-state index in [1.807, 2.05) is 6.08 Å². The number of thiazole rings is 1. The molecule has 18 nitrogen and oxygen atoms in total. The number of β-lactam (4-membered cyclic amide) rings is 1. The van der Waals surface area contributed by atoms with E-state index in [9.17, 15) is 29.1 Å². The van der Waals surface area contributed by atoms with Crippen molar-refractivity contribution in [2.45, 2.75) is 69.2 Å². The van der Waals surface area contributed by atoms with Gasteiger partial charge in [0.05, 0.1) is 0 Å². The first-order valence-corrected chi connectivity index (χ1v) is 17.3. The Bertz CT molecular complexity index is 1750. The van der Waals surface area contributed by atoms with Gasteiger partial charge in [0.1, 0.15) is 28.5 Å². The van der Waals surface area contributed by atoms with Gasteiger partial charge in [0.15, 0.2) is 22.2 Å². The maximum absolute atomic E-state index is 13.8. The number of alkyl carbamates (subject to hydrolysis) is 1. The summed E-state index contributed by atoms with van der Waals surface area (Å²) < 4.78 is 6.61. The van der Waals surface area contributed by atoms with Gasteiger partial charge in [-0.2, -0.15) is 0 Å². The van der Waals surface area contributed by atoms with E-state index < -0.39 is 40.4 Å². The lowest BCUT2D eigenvalue weighted by Gasteiger charge is -2.55. The normalized spacial score (nSPS) is 21.8. The van der Waals surface area contributed by atoms with Crippen LogP contribution in [0.15, 0.2) is 28.4 Å². The second-order valence-corrected chi connectivity index (χ2v) is 14.0. The number of carboxylic acids is 1. The van der Waals surface area contributed by atoms with Crippen molar-refractivity contribution >= 4 is 87.4 Å². The molecule has 5 rings (SSSR count). The van der Waals surface area contributed by atoms with E-state index >= 15 is 0 Å². The number of fused-ring (bicyclic) bond motifs is 1. The fourth-order valence-electron chi connectivity index (χ4n) is 5.07. The van der Waals surface area contributed by atoms with Crippen LogP contribution in [0.1, 0.15) is 51.6 Å². The molecule has 0 aromatic carbocycles. The zero-order valence-electron chi connectivity index (χ0n) is 26.4. The maximum Gasteiger partial charge on any atom is 0.407 e. The molecule has 1 aliphatic carbocycles. The number of thiocarbonyl (C=S) groups is 1. The average molecular weight is 733 g/mol. The monoisotopic (exact) mass is 732 g/mol. The summed E-state index contributed by atoms with van der Waals surface area (Å²) in [5.74, 6) is -2.86. The topological polar surface area (TPSA) is 232 Å². The summed E-state index contributed by atoms with van der Waals surface area (Å²) in [5.41, 5.74) is -2.79. The van der Waals surface area contributed by atoms with Crippen molar-refractivity contribution in [3.8, 4) is 0 Å². The van der Waals surface area contributed by atoms with Crippen LogP contribution in [0.25, 0.3) is 5.57 Å². The van der Waals surface area contributed by atoms with E-state index in [4.69, 9.17) is 21.8 Å². The van der Waals surface area contributed by atoms with Crippen LogP contribution in [0.5, 0.6) is 0 Å². The van der Waals surface area contributed by atoms with E-state index in [1.165, 1.54) is 10.1 Å². The van der Waals surface area contributed by atoms with Gasteiger partial charge in [0.2, 0.25) is 6.41 Å². The van der Waals surface area contributed by atoms with Crippen LogP contribution in [0.3, 0.4) is 0 Å². The third-order valence-corrected chi connectivity index (χ3v) is 9.73. The molecule has 4 N–H and O–H groups in total. The van der Waals surface area contributed by atoms with Crippen molar-refractivity contribution in [3.63, 3.8) is 0 Å². The number of amides is 4. The molecule has 3 atom stereocenters. The Morgan fingerprint density at radius 1 is 1.31 bits per heavy atom. The lowest BCUT2D eigenvalue weighted by Crippen LogP contribution is -2.80. The molecule has 3 aliphatic rings. The predicted octanol–water partition coefficient (Wildman–Crippen LogP) is 1.32. The molecule has 4 amide bonds. The van der Waals surface area contributed by atoms with Crippen molar-refractivity contribution in [1.29, 1.82) is 0 Å². The molecule has 260 valence electrons. The van der Waals surface area contributed by atoms with Crippen molar-refractivity contribution in [3.05, 3.63) is 34.7 Å². The Balaban J connectivity index is 1.35. The highest BCUT2D eigenvalue weighted by atomic mass is 32.2. The SMILES string of the molecule is CC(C)(C)OC(=O)NCCCn1nnnc1C1=C(C(=O)O)N2C(=O)C(C=S)(NC(=O)C(=NOC3C=CCC3)c3csc(NC=O)n3)[C@@H]2SC1. The minimum Gasteiger partial charge on any atom is -0.477 e. The standard InChI is InChI=1S/C28H32N10O8S3/c1-27(2,3)45-26(44)29-9-6-10-37-20(33-35-36-37)16-11-48-24-28(13-47,23(43)38(24)19(16)22(41)42)32-21(40)18(34-46-15-7-4-5-8-15)17-12-49-25(31-17)30-14-39/h4,7,12-15,24H,5-6,8-11H2,1-3H3,(H,29,44)(H,32,40)(H,41,42)(H,30,31,39)/t15?,24-,28?/m0/s1. The lowest BCUT2D eigenvalue weighted by atomic mass is 9.87. The van der Waals surface area contributed by atoms with E-state index in [0.717, 1.165) is 39.8 Å². The van der Waals surface area contributed by atoms with E-state index in [2.05, 4.69) is 41.6 Å². The number of aliphatic carboxylic acids is 1. The second-order valence-electron chi connectivity index (χ2n) is 11.8. The van der Waals surface area contributed by atoms with Gasteiger partial charge < -0.3 is 30.6 Å². The van der Waals surface area contributed by atoms with Crippen LogP contribution in [0.4, 0.5) is 9.93 Å². The number of nitrogens with zero attached hydrogens (tertiary/aromatic N) is 7. The highest BCUT2D eigenvalue weighted by Gasteiger charge is 2.65. The predicted molar refractivity (Wildman–Crippen MR) is 180 cm³/mol. The summed E-state index contributed by atoms with van der Waals surface area (Å²) in [5, 5.41) is 35.6. The van der Waals surface area contributed by atoms with Gasteiger partial charge in [-0.25, -0.2) is 19.3 Å². The minimum atomic E-state index is -1.78. The third-order valence-electron chi connectivity index (χ3n) is 7.23. The molecule has 1 saturated heterocycles. The number of nitrogens with one attached hydrogen (secondary N) is 3. The molecule has 2 aliphatic heterocycles. The minimum absolute atomic E-state index is 0.0539. The molecule has 0 radical (unpaired) electrons. The summed E-state index contributed by atoms with van der Waals surface area (Å²) in [6.45, 7) is 5.70. The number of ether oxygens (including phenoxy) is 1. The third kappa shape index (κ3) is 7.62.